The van der Waals surface area contributed by atoms with Crippen molar-refractivity contribution in [1.29, 1.82) is 0 Å². The fourth-order valence-corrected chi connectivity index (χ4v) is 4.86. The Bertz CT molecular complexity index is 952. The highest BCUT2D eigenvalue weighted by atomic mass is 32.1. The molecule has 0 spiro atoms. The second-order valence-electron chi connectivity index (χ2n) is 6.99. The molecular weight excluding hydrogens is 362 g/mol. The maximum atomic E-state index is 12.8. The second-order valence-corrected chi connectivity index (χ2v) is 8.05. The number of aromatic amines is 1. The zero-order valence-corrected chi connectivity index (χ0v) is 15.7. The highest BCUT2D eigenvalue weighted by Crippen LogP contribution is 2.34. The third-order valence-corrected chi connectivity index (χ3v) is 6.41. The molecule has 1 amide bonds. The molecule has 7 heteroatoms. The molecule has 0 aliphatic carbocycles. The number of H-pyrrole nitrogens is 1. The van der Waals surface area contributed by atoms with E-state index in [9.17, 15) is 4.79 Å². The van der Waals surface area contributed by atoms with Crippen molar-refractivity contribution in [2.24, 2.45) is 0 Å². The summed E-state index contributed by atoms with van der Waals surface area (Å²) in [5.74, 6) is 0.552. The third kappa shape index (κ3) is 3.16. The highest BCUT2D eigenvalue weighted by Gasteiger charge is 2.28. The molecule has 2 fully saturated rings. The first-order valence-corrected chi connectivity index (χ1v) is 10.2. The largest absolute Gasteiger partial charge is 0.361 e. The Labute approximate surface area is 161 Å². The lowest BCUT2D eigenvalue weighted by Crippen LogP contribution is -2.37. The van der Waals surface area contributed by atoms with Gasteiger partial charge in [-0.25, -0.2) is 4.98 Å². The molecule has 2 aromatic heterocycles. The van der Waals surface area contributed by atoms with Gasteiger partial charge >= 0.3 is 0 Å². The van der Waals surface area contributed by atoms with E-state index in [1.54, 1.807) is 6.20 Å². The van der Waals surface area contributed by atoms with Crippen LogP contribution in [0, 0.1) is 0 Å². The topological polar surface area (TPSA) is 67.5 Å². The standard InChI is InChI=1S/C20H21N3O3S/c24-19(17-12-22-18(27-17)20-25-9-10-26-20)23-7-5-13(6-8-23)15-11-21-16-4-2-1-3-14(15)16/h1-4,11-13,20-21H,5-10H2. The van der Waals surface area contributed by atoms with Crippen molar-refractivity contribution >= 4 is 28.1 Å². The number of fused-ring (bicyclic) bond motifs is 1. The van der Waals surface area contributed by atoms with Crippen molar-refractivity contribution in [1.82, 2.24) is 14.9 Å². The normalized spacial score (nSPS) is 19.2. The summed E-state index contributed by atoms with van der Waals surface area (Å²) in [5.41, 5.74) is 2.55. The monoisotopic (exact) mass is 383 g/mol. The molecule has 0 radical (unpaired) electrons. The molecule has 0 unspecified atom stereocenters. The molecule has 4 heterocycles. The van der Waals surface area contributed by atoms with Gasteiger partial charge in [-0.3, -0.25) is 4.79 Å². The summed E-state index contributed by atoms with van der Waals surface area (Å²) in [6, 6.07) is 8.41. The number of ether oxygens (including phenoxy) is 2. The number of rotatable bonds is 3. The van der Waals surface area contributed by atoms with Crippen LogP contribution in [-0.4, -0.2) is 47.1 Å². The molecule has 1 aromatic carbocycles. The quantitative estimate of drug-likeness (QED) is 0.749. The first-order valence-electron chi connectivity index (χ1n) is 9.34. The predicted octanol–water partition coefficient (Wildman–Crippen LogP) is 3.69. The number of benzene rings is 1. The van der Waals surface area contributed by atoms with E-state index >= 15 is 0 Å². The number of amides is 1. The van der Waals surface area contributed by atoms with Crippen molar-refractivity contribution in [3.8, 4) is 0 Å². The van der Waals surface area contributed by atoms with E-state index in [1.807, 2.05) is 4.90 Å². The number of aromatic nitrogens is 2. The van der Waals surface area contributed by atoms with E-state index in [0.29, 0.717) is 24.0 Å². The van der Waals surface area contributed by atoms with Crippen molar-refractivity contribution in [3.63, 3.8) is 0 Å². The fraction of sp³-hybridized carbons (Fsp3) is 0.400. The zero-order chi connectivity index (χ0) is 18.2. The molecule has 0 atom stereocenters. The van der Waals surface area contributed by atoms with Gasteiger partial charge in [0.15, 0.2) is 0 Å². The van der Waals surface area contributed by atoms with E-state index in [0.717, 1.165) is 30.9 Å². The number of nitrogens with zero attached hydrogens (tertiary/aromatic N) is 2. The number of carbonyl (C=O) groups is 1. The van der Waals surface area contributed by atoms with Gasteiger partial charge in [-0.1, -0.05) is 18.2 Å². The summed E-state index contributed by atoms with van der Waals surface area (Å²) in [4.78, 5) is 23.1. The number of thiazole rings is 1. The number of carbonyl (C=O) groups excluding carboxylic acids is 1. The van der Waals surface area contributed by atoms with Gasteiger partial charge in [0.2, 0.25) is 6.29 Å². The molecule has 2 aliphatic rings. The minimum Gasteiger partial charge on any atom is -0.361 e. The Morgan fingerprint density at radius 2 is 1.96 bits per heavy atom. The Balaban J connectivity index is 1.25. The van der Waals surface area contributed by atoms with Gasteiger partial charge in [0.25, 0.3) is 5.91 Å². The van der Waals surface area contributed by atoms with Crippen LogP contribution in [0.15, 0.2) is 36.7 Å². The smallest absolute Gasteiger partial charge is 0.265 e. The third-order valence-electron chi connectivity index (χ3n) is 5.40. The van der Waals surface area contributed by atoms with Gasteiger partial charge in [-0.05, 0) is 30.4 Å². The summed E-state index contributed by atoms with van der Waals surface area (Å²) in [6.07, 6.45) is 5.33. The second kappa shape index (κ2) is 7.07. The molecule has 27 heavy (non-hydrogen) atoms. The van der Waals surface area contributed by atoms with Crippen molar-refractivity contribution in [3.05, 3.63) is 52.1 Å². The fourth-order valence-electron chi connectivity index (χ4n) is 3.98. The lowest BCUT2D eigenvalue weighted by molar-refractivity contribution is -0.0442. The van der Waals surface area contributed by atoms with Gasteiger partial charge in [0.1, 0.15) is 9.88 Å². The van der Waals surface area contributed by atoms with Gasteiger partial charge in [-0.15, -0.1) is 11.3 Å². The molecule has 140 valence electrons. The first kappa shape index (κ1) is 16.9. The van der Waals surface area contributed by atoms with Gasteiger partial charge in [0.05, 0.1) is 19.4 Å². The average Bonchev–Trinajstić information content (AvgIpc) is 3.47. The molecule has 0 bridgehead atoms. The zero-order valence-electron chi connectivity index (χ0n) is 14.9. The van der Waals surface area contributed by atoms with Crippen LogP contribution in [0.5, 0.6) is 0 Å². The molecular formula is C20H21N3O3S. The van der Waals surface area contributed by atoms with Crippen molar-refractivity contribution in [2.75, 3.05) is 26.3 Å². The molecule has 6 nitrogen and oxygen atoms in total. The summed E-state index contributed by atoms with van der Waals surface area (Å²) >= 11 is 1.38. The van der Waals surface area contributed by atoms with Crippen molar-refractivity contribution < 1.29 is 14.3 Å². The first-order chi connectivity index (χ1) is 13.3. The van der Waals surface area contributed by atoms with Gasteiger partial charge in [0, 0.05) is 30.2 Å². The Morgan fingerprint density at radius 1 is 1.19 bits per heavy atom. The summed E-state index contributed by atoms with van der Waals surface area (Å²) in [7, 11) is 0. The number of piperidine rings is 1. The Kier molecular flexibility index (Phi) is 4.43. The van der Waals surface area contributed by atoms with Crippen LogP contribution < -0.4 is 0 Å². The minimum atomic E-state index is -0.413. The molecule has 2 aliphatic heterocycles. The Morgan fingerprint density at radius 3 is 2.78 bits per heavy atom. The molecule has 1 N–H and O–H groups in total. The number of nitrogens with one attached hydrogen (secondary N) is 1. The lowest BCUT2D eigenvalue weighted by atomic mass is 9.89. The summed E-state index contributed by atoms with van der Waals surface area (Å²) < 4.78 is 10.9. The van der Waals surface area contributed by atoms with Crippen LogP contribution in [0.3, 0.4) is 0 Å². The minimum absolute atomic E-state index is 0.0640. The summed E-state index contributed by atoms with van der Waals surface area (Å²) in [5, 5.41) is 2.02. The number of hydrogen-bond acceptors (Lipinski definition) is 5. The molecule has 5 rings (SSSR count). The molecule has 3 aromatic rings. The average molecular weight is 383 g/mol. The van der Waals surface area contributed by atoms with Crippen LogP contribution in [0.1, 0.15) is 45.3 Å². The van der Waals surface area contributed by atoms with Crippen LogP contribution >= 0.6 is 11.3 Å². The number of hydrogen-bond donors (Lipinski definition) is 1. The maximum absolute atomic E-state index is 12.8. The molecule has 0 saturated carbocycles. The summed E-state index contributed by atoms with van der Waals surface area (Å²) in [6.45, 7) is 2.70. The van der Waals surface area contributed by atoms with Gasteiger partial charge in [-0.2, -0.15) is 0 Å². The number of likely N-dealkylation sites (tertiary alicyclic amines) is 1. The van der Waals surface area contributed by atoms with Crippen molar-refractivity contribution in [2.45, 2.75) is 25.0 Å². The highest BCUT2D eigenvalue weighted by molar-refractivity contribution is 7.13. The number of para-hydroxylation sites is 1. The van der Waals surface area contributed by atoms with E-state index in [2.05, 4.69) is 40.4 Å². The van der Waals surface area contributed by atoms with Crippen LogP contribution in [0.25, 0.3) is 10.9 Å². The molecule has 2 saturated heterocycles. The van der Waals surface area contributed by atoms with Crippen LogP contribution in [0.4, 0.5) is 0 Å². The van der Waals surface area contributed by atoms with Crippen LogP contribution in [-0.2, 0) is 9.47 Å². The van der Waals surface area contributed by atoms with E-state index < -0.39 is 6.29 Å². The SMILES string of the molecule is O=C(c1cnc(C2OCCO2)s1)N1CCC(c2c[nH]c3ccccc23)CC1. The predicted molar refractivity (Wildman–Crippen MR) is 103 cm³/mol. The lowest BCUT2D eigenvalue weighted by Gasteiger charge is -2.31. The van der Waals surface area contributed by atoms with E-state index in [-0.39, 0.29) is 5.91 Å². The Hall–Kier alpha value is -2.22. The van der Waals surface area contributed by atoms with Gasteiger partial charge < -0.3 is 19.4 Å². The van der Waals surface area contributed by atoms with E-state index in [1.165, 1.54) is 27.8 Å². The maximum Gasteiger partial charge on any atom is 0.265 e. The van der Waals surface area contributed by atoms with E-state index in [4.69, 9.17) is 9.47 Å². The van der Waals surface area contributed by atoms with Crippen LogP contribution in [0.2, 0.25) is 0 Å².